The molecule has 1 rings (SSSR count). The number of esters is 1. The molecule has 2 unspecified atom stereocenters. The summed E-state index contributed by atoms with van der Waals surface area (Å²) in [4.78, 5) is 11.1. The normalized spacial score (nSPS) is 25.8. The first-order valence-corrected chi connectivity index (χ1v) is 6.11. The van der Waals surface area contributed by atoms with Gasteiger partial charge in [-0.25, -0.2) is 4.79 Å². The second kappa shape index (κ2) is 6.69. The molecular weight excluding hydrogens is 202 g/mol. The molecule has 3 nitrogen and oxygen atoms in total. The lowest BCUT2D eigenvalue weighted by Gasteiger charge is -2.15. The van der Waals surface area contributed by atoms with Crippen LogP contribution in [0.5, 0.6) is 0 Å². The lowest BCUT2D eigenvalue weighted by molar-refractivity contribution is -0.136. The topological polar surface area (TPSA) is 38.3 Å². The van der Waals surface area contributed by atoms with Crippen molar-refractivity contribution < 1.29 is 9.53 Å². The summed E-state index contributed by atoms with van der Waals surface area (Å²) in [6.07, 6.45) is 5.97. The Morgan fingerprint density at radius 3 is 2.81 bits per heavy atom. The Labute approximate surface area is 98.2 Å². The number of carbonyl (C=O) groups is 1. The molecule has 1 aliphatic carbocycles. The maximum atomic E-state index is 11.1. The van der Waals surface area contributed by atoms with E-state index >= 15 is 0 Å². The predicted octanol–water partition coefficient (Wildman–Crippen LogP) is 2.13. The second-order valence-electron chi connectivity index (χ2n) is 4.71. The van der Waals surface area contributed by atoms with Crippen molar-refractivity contribution in [3.8, 4) is 0 Å². The highest BCUT2D eigenvalue weighted by Gasteiger charge is 2.22. The highest BCUT2D eigenvalue weighted by molar-refractivity contribution is 5.87. The van der Waals surface area contributed by atoms with Gasteiger partial charge in [0.15, 0.2) is 0 Å². The van der Waals surface area contributed by atoms with E-state index in [1.54, 1.807) is 6.92 Å². The smallest absolute Gasteiger partial charge is 0.333 e. The van der Waals surface area contributed by atoms with Gasteiger partial charge in [0, 0.05) is 12.1 Å². The minimum Gasteiger partial charge on any atom is -0.466 e. The summed E-state index contributed by atoms with van der Waals surface area (Å²) in [5, 5.41) is 3.38. The van der Waals surface area contributed by atoms with Crippen LogP contribution in [0, 0.1) is 11.8 Å². The van der Waals surface area contributed by atoms with Gasteiger partial charge in [0.25, 0.3) is 0 Å². The fraction of sp³-hybridized carbons (Fsp3) is 0.769. The van der Waals surface area contributed by atoms with Gasteiger partial charge in [0.1, 0.15) is 0 Å². The summed E-state index contributed by atoms with van der Waals surface area (Å²) in [5.74, 6) is 1.42. The largest absolute Gasteiger partial charge is 0.466 e. The standard InChI is InChI=1S/C13H23NO2/c1-10-5-4-6-12(10)9-14-8-7-11(2)13(15)16-3/h7,10,12,14H,4-6,8-9H2,1-3H3. The first kappa shape index (κ1) is 13.2. The van der Waals surface area contributed by atoms with E-state index in [1.807, 2.05) is 6.08 Å². The van der Waals surface area contributed by atoms with Crippen LogP contribution in [0.2, 0.25) is 0 Å². The van der Waals surface area contributed by atoms with E-state index < -0.39 is 0 Å². The van der Waals surface area contributed by atoms with Gasteiger partial charge in [-0.05, 0) is 31.7 Å². The highest BCUT2D eigenvalue weighted by atomic mass is 16.5. The van der Waals surface area contributed by atoms with Crippen molar-refractivity contribution in [2.75, 3.05) is 20.2 Å². The summed E-state index contributed by atoms with van der Waals surface area (Å²) in [6.45, 7) is 5.93. The Kier molecular flexibility index (Phi) is 5.53. The van der Waals surface area contributed by atoms with Crippen LogP contribution in [-0.4, -0.2) is 26.2 Å². The number of methoxy groups -OCH3 is 1. The summed E-state index contributed by atoms with van der Waals surface area (Å²) < 4.78 is 4.62. The highest BCUT2D eigenvalue weighted by Crippen LogP contribution is 2.30. The monoisotopic (exact) mass is 225 g/mol. The quantitative estimate of drug-likeness (QED) is 0.442. The Balaban J connectivity index is 2.18. The van der Waals surface area contributed by atoms with Crippen LogP contribution in [0.3, 0.4) is 0 Å². The number of hydrogen-bond acceptors (Lipinski definition) is 3. The third kappa shape index (κ3) is 3.97. The van der Waals surface area contributed by atoms with E-state index in [2.05, 4.69) is 17.0 Å². The molecular formula is C13H23NO2. The van der Waals surface area contributed by atoms with Crippen molar-refractivity contribution in [3.05, 3.63) is 11.6 Å². The Bertz CT molecular complexity index is 261. The minimum atomic E-state index is -0.240. The summed E-state index contributed by atoms with van der Waals surface area (Å²) in [7, 11) is 1.41. The number of ether oxygens (including phenoxy) is 1. The van der Waals surface area contributed by atoms with Crippen LogP contribution in [-0.2, 0) is 9.53 Å². The fourth-order valence-corrected chi connectivity index (χ4v) is 2.26. The van der Waals surface area contributed by atoms with Crippen molar-refractivity contribution in [1.82, 2.24) is 5.32 Å². The van der Waals surface area contributed by atoms with E-state index in [9.17, 15) is 4.79 Å². The average Bonchev–Trinajstić information content (AvgIpc) is 2.69. The van der Waals surface area contributed by atoms with Gasteiger partial charge in [0.2, 0.25) is 0 Å². The van der Waals surface area contributed by atoms with Gasteiger partial charge in [0.05, 0.1) is 7.11 Å². The van der Waals surface area contributed by atoms with Crippen molar-refractivity contribution >= 4 is 5.97 Å². The molecule has 0 aliphatic heterocycles. The first-order valence-electron chi connectivity index (χ1n) is 6.11. The van der Waals surface area contributed by atoms with E-state index in [4.69, 9.17) is 0 Å². The third-order valence-electron chi connectivity index (χ3n) is 3.51. The Morgan fingerprint density at radius 2 is 2.25 bits per heavy atom. The van der Waals surface area contributed by atoms with Crippen LogP contribution in [0.1, 0.15) is 33.1 Å². The lowest BCUT2D eigenvalue weighted by Crippen LogP contribution is -2.24. The zero-order valence-corrected chi connectivity index (χ0v) is 10.6. The number of rotatable bonds is 5. The van der Waals surface area contributed by atoms with E-state index in [0.717, 1.165) is 24.9 Å². The zero-order valence-electron chi connectivity index (χ0n) is 10.6. The maximum Gasteiger partial charge on any atom is 0.333 e. The molecule has 0 spiro atoms. The van der Waals surface area contributed by atoms with Crippen LogP contribution >= 0.6 is 0 Å². The van der Waals surface area contributed by atoms with E-state index in [1.165, 1.54) is 26.4 Å². The van der Waals surface area contributed by atoms with Crippen LogP contribution in [0.15, 0.2) is 11.6 Å². The summed E-state index contributed by atoms with van der Waals surface area (Å²) in [5.41, 5.74) is 0.675. The average molecular weight is 225 g/mol. The van der Waals surface area contributed by atoms with Crippen LogP contribution < -0.4 is 5.32 Å². The molecule has 0 aromatic heterocycles. The lowest BCUT2D eigenvalue weighted by atomic mass is 9.98. The van der Waals surface area contributed by atoms with Gasteiger partial charge < -0.3 is 10.1 Å². The molecule has 0 bridgehead atoms. The molecule has 16 heavy (non-hydrogen) atoms. The molecule has 0 saturated heterocycles. The number of carbonyl (C=O) groups excluding carboxylic acids is 1. The van der Waals surface area contributed by atoms with Gasteiger partial charge in [-0.1, -0.05) is 25.8 Å². The molecule has 0 aromatic rings. The van der Waals surface area contributed by atoms with Gasteiger partial charge >= 0.3 is 5.97 Å². The summed E-state index contributed by atoms with van der Waals surface area (Å²) >= 11 is 0. The molecule has 1 saturated carbocycles. The van der Waals surface area contributed by atoms with E-state index in [0.29, 0.717) is 5.57 Å². The zero-order chi connectivity index (χ0) is 12.0. The molecule has 3 heteroatoms. The molecule has 0 aromatic carbocycles. The van der Waals surface area contributed by atoms with Gasteiger partial charge in [-0.2, -0.15) is 0 Å². The third-order valence-corrected chi connectivity index (χ3v) is 3.51. The number of nitrogens with one attached hydrogen (secondary N) is 1. The molecule has 92 valence electrons. The molecule has 0 radical (unpaired) electrons. The van der Waals surface area contributed by atoms with Crippen molar-refractivity contribution in [2.24, 2.45) is 11.8 Å². The number of hydrogen-bond donors (Lipinski definition) is 1. The fourth-order valence-electron chi connectivity index (χ4n) is 2.26. The first-order chi connectivity index (χ1) is 7.65. The summed E-state index contributed by atoms with van der Waals surface area (Å²) in [6, 6.07) is 0. The second-order valence-corrected chi connectivity index (χ2v) is 4.71. The van der Waals surface area contributed by atoms with Crippen LogP contribution in [0.25, 0.3) is 0 Å². The van der Waals surface area contributed by atoms with Gasteiger partial charge in [-0.15, -0.1) is 0 Å². The SMILES string of the molecule is COC(=O)C(C)=CCNCC1CCCC1C. The predicted molar refractivity (Wildman–Crippen MR) is 65.1 cm³/mol. The molecule has 0 heterocycles. The molecule has 2 atom stereocenters. The maximum absolute atomic E-state index is 11.1. The Morgan fingerprint density at radius 1 is 1.50 bits per heavy atom. The Hall–Kier alpha value is -0.830. The molecule has 1 N–H and O–H groups in total. The van der Waals surface area contributed by atoms with Crippen LogP contribution in [0.4, 0.5) is 0 Å². The molecule has 1 fully saturated rings. The van der Waals surface area contributed by atoms with Crippen molar-refractivity contribution in [3.63, 3.8) is 0 Å². The van der Waals surface area contributed by atoms with Crippen molar-refractivity contribution in [2.45, 2.75) is 33.1 Å². The van der Waals surface area contributed by atoms with Gasteiger partial charge in [-0.3, -0.25) is 0 Å². The molecule has 0 amide bonds. The van der Waals surface area contributed by atoms with E-state index in [-0.39, 0.29) is 5.97 Å². The molecule has 1 aliphatic rings. The minimum absolute atomic E-state index is 0.240. The van der Waals surface area contributed by atoms with Crippen molar-refractivity contribution in [1.29, 1.82) is 0 Å².